The molecule has 0 aliphatic carbocycles. The van der Waals surface area contributed by atoms with Crippen LogP contribution >= 0.6 is 11.6 Å². The van der Waals surface area contributed by atoms with Gasteiger partial charge in [0.15, 0.2) is 0 Å². The Balaban J connectivity index is 1.60. The number of amides is 3. The van der Waals surface area contributed by atoms with Gasteiger partial charge in [-0.2, -0.15) is 0 Å². The number of fused-ring (bicyclic) bond motifs is 1. The van der Waals surface area contributed by atoms with Crippen LogP contribution < -0.4 is 16.1 Å². The molecule has 0 aliphatic heterocycles. The van der Waals surface area contributed by atoms with Gasteiger partial charge in [0.05, 0.1) is 11.6 Å². The van der Waals surface area contributed by atoms with Crippen molar-refractivity contribution < 1.29 is 14.4 Å². The number of benzene rings is 3. The lowest BCUT2D eigenvalue weighted by molar-refractivity contribution is -0.137. The van der Waals surface area contributed by atoms with Crippen molar-refractivity contribution in [3.8, 4) is 0 Å². The highest BCUT2D eigenvalue weighted by molar-refractivity contribution is 6.38. The van der Waals surface area contributed by atoms with Gasteiger partial charge in [0.25, 0.3) is 5.91 Å². The molecule has 7 nitrogen and oxygen atoms in total. The number of carbonyl (C=O) groups is 3. The summed E-state index contributed by atoms with van der Waals surface area (Å²) < 4.78 is 1.31. The number of nitrogens with zero attached hydrogens (tertiary/aromatic N) is 1. The van der Waals surface area contributed by atoms with E-state index in [9.17, 15) is 14.4 Å². The lowest BCUT2D eigenvalue weighted by atomic mass is 10.1. The highest BCUT2D eigenvalue weighted by Gasteiger charge is 2.22. The van der Waals surface area contributed by atoms with E-state index < -0.39 is 17.7 Å². The molecule has 0 fully saturated rings. The predicted octanol–water partition coefficient (Wildman–Crippen LogP) is 5.11. The summed E-state index contributed by atoms with van der Waals surface area (Å²) in [4.78, 5) is 38.7. The van der Waals surface area contributed by atoms with Gasteiger partial charge in [-0.3, -0.25) is 19.8 Å². The van der Waals surface area contributed by atoms with E-state index in [4.69, 9.17) is 11.6 Å². The molecule has 0 aliphatic rings. The Morgan fingerprint density at radius 1 is 0.886 bits per heavy atom. The highest BCUT2D eigenvalue weighted by Crippen LogP contribution is 2.24. The number of nitrogens with one attached hydrogen (secondary N) is 3. The first-order valence-electron chi connectivity index (χ1n) is 11.1. The number of anilines is 1. The van der Waals surface area contributed by atoms with Crippen LogP contribution in [0.4, 0.5) is 5.69 Å². The number of hydrogen-bond acceptors (Lipinski definition) is 3. The smallest absolute Gasteiger partial charge is 0.328 e. The van der Waals surface area contributed by atoms with Gasteiger partial charge in [-0.05, 0) is 62.2 Å². The molecule has 1 heterocycles. The van der Waals surface area contributed by atoms with Crippen LogP contribution in [0.5, 0.6) is 0 Å². The SMILES string of the molecule is Cc1ccc(NC(=O)c2cc3cc(Cl)ccc3n2NC(=O)C(=O)N[C@H](C)c2ccccc2)c(C)c1. The summed E-state index contributed by atoms with van der Waals surface area (Å²) in [6.07, 6.45) is 0. The summed E-state index contributed by atoms with van der Waals surface area (Å²) in [6, 6.07) is 21.3. The molecule has 0 bridgehead atoms. The van der Waals surface area contributed by atoms with Crippen molar-refractivity contribution >= 4 is 45.9 Å². The van der Waals surface area contributed by atoms with E-state index in [0.717, 1.165) is 16.7 Å². The summed E-state index contributed by atoms with van der Waals surface area (Å²) in [7, 11) is 0. The number of aromatic nitrogens is 1. The molecule has 4 aromatic rings. The lowest BCUT2D eigenvalue weighted by Gasteiger charge is -2.16. The fourth-order valence-electron chi connectivity index (χ4n) is 3.85. The fraction of sp³-hybridized carbons (Fsp3) is 0.148. The van der Waals surface area contributed by atoms with Crippen molar-refractivity contribution in [1.82, 2.24) is 9.99 Å². The van der Waals surface area contributed by atoms with E-state index in [2.05, 4.69) is 16.1 Å². The molecule has 0 unspecified atom stereocenters. The van der Waals surface area contributed by atoms with Gasteiger partial charge in [-0.25, -0.2) is 4.68 Å². The average Bonchev–Trinajstić information content (AvgIpc) is 3.18. The van der Waals surface area contributed by atoms with Gasteiger partial charge in [-0.15, -0.1) is 0 Å². The van der Waals surface area contributed by atoms with Crippen molar-refractivity contribution in [1.29, 1.82) is 0 Å². The second kappa shape index (κ2) is 10.0. The normalized spacial score (nSPS) is 11.7. The van der Waals surface area contributed by atoms with E-state index >= 15 is 0 Å². The zero-order valence-corrected chi connectivity index (χ0v) is 20.3. The molecule has 4 rings (SSSR count). The molecule has 178 valence electrons. The number of carbonyl (C=O) groups excluding carboxylic acids is 3. The Kier molecular flexibility index (Phi) is 6.89. The molecule has 8 heteroatoms. The van der Waals surface area contributed by atoms with Gasteiger partial charge < -0.3 is 10.6 Å². The predicted molar refractivity (Wildman–Crippen MR) is 138 cm³/mol. The molecule has 1 aromatic heterocycles. The Hall–Kier alpha value is -4.10. The highest BCUT2D eigenvalue weighted by atomic mass is 35.5. The minimum absolute atomic E-state index is 0.152. The number of rotatable bonds is 5. The summed E-state index contributed by atoms with van der Waals surface area (Å²) in [5.74, 6) is -2.17. The molecule has 0 saturated heterocycles. The molecule has 0 spiro atoms. The molecule has 3 aromatic carbocycles. The number of aryl methyl sites for hydroxylation is 2. The first kappa shape index (κ1) is 24.0. The van der Waals surface area contributed by atoms with Crippen LogP contribution in [-0.2, 0) is 9.59 Å². The molecule has 3 amide bonds. The lowest BCUT2D eigenvalue weighted by Crippen LogP contribution is -2.40. The van der Waals surface area contributed by atoms with Crippen LogP contribution in [0.1, 0.15) is 40.1 Å². The van der Waals surface area contributed by atoms with E-state index in [0.29, 0.717) is 21.6 Å². The number of hydrogen-bond donors (Lipinski definition) is 3. The van der Waals surface area contributed by atoms with Crippen LogP contribution in [0.25, 0.3) is 10.9 Å². The first-order valence-corrected chi connectivity index (χ1v) is 11.5. The van der Waals surface area contributed by atoms with Crippen molar-refractivity contribution in [2.75, 3.05) is 10.7 Å². The molecular weight excluding hydrogens is 464 g/mol. The minimum Gasteiger partial charge on any atom is -0.341 e. The van der Waals surface area contributed by atoms with Gasteiger partial charge in [0.2, 0.25) is 0 Å². The van der Waals surface area contributed by atoms with E-state index in [-0.39, 0.29) is 11.7 Å². The van der Waals surface area contributed by atoms with E-state index in [1.54, 1.807) is 31.2 Å². The Labute approximate surface area is 208 Å². The third-order valence-corrected chi connectivity index (χ3v) is 5.93. The molecule has 0 radical (unpaired) electrons. The maximum Gasteiger partial charge on any atom is 0.328 e. The van der Waals surface area contributed by atoms with Crippen LogP contribution in [0.2, 0.25) is 5.02 Å². The zero-order valence-electron chi connectivity index (χ0n) is 19.6. The average molecular weight is 489 g/mol. The summed E-state index contributed by atoms with van der Waals surface area (Å²) in [5, 5.41) is 6.69. The molecule has 0 saturated carbocycles. The second-order valence-electron chi connectivity index (χ2n) is 8.39. The summed E-state index contributed by atoms with van der Waals surface area (Å²) in [6.45, 7) is 5.66. The molecule has 1 atom stereocenters. The third-order valence-electron chi connectivity index (χ3n) is 5.69. The second-order valence-corrected chi connectivity index (χ2v) is 8.82. The van der Waals surface area contributed by atoms with Crippen molar-refractivity contribution in [2.45, 2.75) is 26.8 Å². The van der Waals surface area contributed by atoms with Gasteiger partial charge in [0, 0.05) is 16.1 Å². The maximum atomic E-state index is 13.2. The van der Waals surface area contributed by atoms with Crippen LogP contribution in [0.3, 0.4) is 0 Å². The van der Waals surface area contributed by atoms with Gasteiger partial charge in [-0.1, -0.05) is 59.6 Å². The summed E-state index contributed by atoms with van der Waals surface area (Å²) >= 11 is 6.14. The Morgan fingerprint density at radius 2 is 1.63 bits per heavy atom. The van der Waals surface area contributed by atoms with Crippen molar-refractivity contribution in [3.05, 3.63) is 100 Å². The Bertz CT molecular complexity index is 1430. The molecular formula is C27H25ClN4O3. The largest absolute Gasteiger partial charge is 0.341 e. The standard InChI is InChI=1S/C27H25ClN4O3/c1-16-9-11-22(17(2)13-16)30-25(33)24-15-20-14-21(28)10-12-23(20)32(24)31-27(35)26(34)29-18(3)19-7-5-4-6-8-19/h4-15,18H,1-3H3,(H,29,34)(H,30,33)(H,31,35)/t18-/m1/s1. The fourth-order valence-corrected chi connectivity index (χ4v) is 4.03. The Morgan fingerprint density at radius 3 is 2.34 bits per heavy atom. The summed E-state index contributed by atoms with van der Waals surface area (Å²) in [5.41, 5.74) is 6.73. The first-order chi connectivity index (χ1) is 16.7. The van der Waals surface area contributed by atoms with Crippen molar-refractivity contribution in [3.63, 3.8) is 0 Å². The zero-order chi connectivity index (χ0) is 25.1. The van der Waals surface area contributed by atoms with Crippen LogP contribution in [-0.4, -0.2) is 22.4 Å². The monoisotopic (exact) mass is 488 g/mol. The minimum atomic E-state index is -0.902. The topological polar surface area (TPSA) is 92.2 Å². The maximum absolute atomic E-state index is 13.2. The van der Waals surface area contributed by atoms with E-state index in [1.165, 1.54) is 4.68 Å². The third kappa shape index (κ3) is 5.36. The molecule has 3 N–H and O–H groups in total. The quantitative estimate of drug-likeness (QED) is 0.341. The van der Waals surface area contributed by atoms with Crippen LogP contribution in [0, 0.1) is 13.8 Å². The van der Waals surface area contributed by atoms with Gasteiger partial charge >= 0.3 is 11.8 Å². The van der Waals surface area contributed by atoms with Crippen LogP contribution in [0.15, 0.2) is 72.8 Å². The van der Waals surface area contributed by atoms with Gasteiger partial charge in [0.1, 0.15) is 5.69 Å². The van der Waals surface area contributed by atoms with Crippen molar-refractivity contribution in [2.24, 2.45) is 0 Å². The molecule has 35 heavy (non-hydrogen) atoms. The number of halogens is 1. The van der Waals surface area contributed by atoms with E-state index in [1.807, 2.05) is 62.4 Å².